The number of nitrogens with one attached hydrogen (secondary N) is 2. The summed E-state index contributed by atoms with van der Waals surface area (Å²) in [7, 11) is 0. The van der Waals surface area contributed by atoms with Crippen LogP contribution < -0.4 is 10.6 Å². The van der Waals surface area contributed by atoms with E-state index in [-0.39, 0.29) is 5.91 Å². The summed E-state index contributed by atoms with van der Waals surface area (Å²) in [6.07, 6.45) is 1.72. The highest BCUT2D eigenvalue weighted by atomic mass is 32.2. The molecule has 1 atom stereocenters. The van der Waals surface area contributed by atoms with Gasteiger partial charge in [0.2, 0.25) is 11.8 Å². The van der Waals surface area contributed by atoms with Crippen LogP contribution in [0.1, 0.15) is 10.8 Å². The number of carboxylic acid groups (broad SMARTS) is 1. The number of carbonyl (C=O) groups is 3. The molecule has 36 heavy (non-hydrogen) atoms. The zero-order valence-corrected chi connectivity index (χ0v) is 20.5. The fourth-order valence-electron chi connectivity index (χ4n) is 3.23. The Morgan fingerprint density at radius 3 is 2.19 bits per heavy atom. The number of hydrogen-bond acceptors (Lipinski definition) is 6. The van der Waals surface area contributed by atoms with E-state index in [1.807, 2.05) is 66.0 Å². The molecule has 0 fully saturated rings. The molecule has 1 heterocycles. The van der Waals surface area contributed by atoms with Crippen molar-refractivity contribution in [1.29, 1.82) is 0 Å². The fourth-order valence-corrected chi connectivity index (χ4v) is 4.98. The van der Waals surface area contributed by atoms with Crippen LogP contribution in [0.4, 0.5) is 10.8 Å². The van der Waals surface area contributed by atoms with E-state index in [1.54, 1.807) is 24.3 Å². The van der Waals surface area contributed by atoms with Crippen molar-refractivity contribution in [1.82, 2.24) is 4.98 Å². The lowest BCUT2D eigenvalue weighted by molar-refractivity contribution is -0.131. The average Bonchev–Trinajstić information content (AvgIpc) is 3.36. The number of carboxylic acids is 1. The zero-order chi connectivity index (χ0) is 25.3. The number of hydrogen-bond donors (Lipinski definition) is 3. The highest BCUT2D eigenvalue weighted by Gasteiger charge is 2.23. The Bertz CT molecular complexity index is 1370. The molecule has 0 spiro atoms. The topological polar surface area (TPSA) is 108 Å². The van der Waals surface area contributed by atoms with Crippen LogP contribution in [0, 0.1) is 0 Å². The number of aromatic nitrogens is 1. The van der Waals surface area contributed by atoms with Gasteiger partial charge >= 0.3 is 5.97 Å². The lowest BCUT2D eigenvalue weighted by Gasteiger charge is -2.16. The predicted molar refractivity (Wildman–Crippen MR) is 143 cm³/mol. The number of anilines is 2. The third-order valence-corrected chi connectivity index (χ3v) is 6.92. The van der Waals surface area contributed by atoms with E-state index in [0.29, 0.717) is 10.8 Å². The molecular weight excluding hydrogens is 494 g/mol. The van der Waals surface area contributed by atoms with Gasteiger partial charge in [-0.1, -0.05) is 60.7 Å². The van der Waals surface area contributed by atoms with Crippen molar-refractivity contribution < 1.29 is 19.5 Å². The Kier molecular flexibility index (Phi) is 8.28. The molecule has 4 rings (SSSR count). The van der Waals surface area contributed by atoms with Crippen LogP contribution in [0.25, 0.3) is 11.3 Å². The molecule has 7 nitrogen and oxygen atoms in total. The Hall–Kier alpha value is -4.21. The summed E-state index contributed by atoms with van der Waals surface area (Å²) < 4.78 is 0. The summed E-state index contributed by atoms with van der Waals surface area (Å²) in [6.45, 7) is 0. The molecule has 0 radical (unpaired) electrons. The number of thioether (sulfide) groups is 1. The molecule has 0 aliphatic heterocycles. The molecule has 0 saturated carbocycles. The molecule has 0 aliphatic rings. The smallest absolute Gasteiger partial charge is 0.328 e. The van der Waals surface area contributed by atoms with E-state index in [1.165, 1.54) is 23.1 Å². The average molecular weight is 516 g/mol. The quantitative estimate of drug-likeness (QED) is 0.190. The van der Waals surface area contributed by atoms with Crippen LogP contribution in [0.3, 0.4) is 0 Å². The second-order valence-electron chi connectivity index (χ2n) is 7.49. The van der Waals surface area contributed by atoms with Gasteiger partial charge in [0.05, 0.1) is 5.69 Å². The normalized spacial score (nSPS) is 11.7. The van der Waals surface area contributed by atoms with Gasteiger partial charge in [0, 0.05) is 33.7 Å². The first kappa shape index (κ1) is 24.9. The lowest BCUT2D eigenvalue weighted by atomic mass is 10.1. The molecule has 2 amide bonds. The number of rotatable bonds is 9. The monoisotopic (exact) mass is 515 g/mol. The molecule has 3 aromatic carbocycles. The van der Waals surface area contributed by atoms with E-state index >= 15 is 0 Å². The van der Waals surface area contributed by atoms with Crippen molar-refractivity contribution in [2.75, 3.05) is 10.6 Å². The SMILES string of the molecule is O=C(O)/C=C/C(=O)Nc1ccc(SC(C(=O)Nc2nc(-c3ccccc3)cs2)c2ccccc2)cc1. The van der Waals surface area contributed by atoms with E-state index < -0.39 is 17.1 Å². The predicted octanol–water partition coefficient (Wildman–Crippen LogP) is 5.86. The van der Waals surface area contributed by atoms with Crippen molar-refractivity contribution in [2.24, 2.45) is 0 Å². The second kappa shape index (κ2) is 12.0. The number of amides is 2. The largest absolute Gasteiger partial charge is 0.478 e. The summed E-state index contributed by atoms with van der Waals surface area (Å²) in [6, 6.07) is 26.2. The maximum Gasteiger partial charge on any atom is 0.328 e. The second-order valence-corrected chi connectivity index (χ2v) is 9.52. The maximum atomic E-state index is 13.3. The van der Waals surface area contributed by atoms with Gasteiger partial charge in [-0.3, -0.25) is 9.59 Å². The van der Waals surface area contributed by atoms with Crippen molar-refractivity contribution in [3.05, 3.63) is 108 Å². The van der Waals surface area contributed by atoms with Crippen LogP contribution in [0.5, 0.6) is 0 Å². The Morgan fingerprint density at radius 2 is 1.53 bits per heavy atom. The molecule has 180 valence electrons. The number of nitrogens with zero attached hydrogens (tertiary/aromatic N) is 1. The van der Waals surface area contributed by atoms with Crippen LogP contribution >= 0.6 is 23.1 Å². The lowest BCUT2D eigenvalue weighted by Crippen LogP contribution is -2.19. The van der Waals surface area contributed by atoms with E-state index in [0.717, 1.165) is 33.9 Å². The fraction of sp³-hybridized carbons (Fsp3) is 0.0370. The van der Waals surface area contributed by atoms with Crippen LogP contribution in [-0.4, -0.2) is 27.9 Å². The van der Waals surface area contributed by atoms with Gasteiger partial charge in [0.25, 0.3) is 0 Å². The first-order valence-corrected chi connectivity index (χ1v) is 12.6. The van der Waals surface area contributed by atoms with Crippen molar-refractivity contribution in [2.45, 2.75) is 10.1 Å². The zero-order valence-electron chi connectivity index (χ0n) is 18.8. The number of carbonyl (C=O) groups excluding carboxylic acids is 2. The number of benzene rings is 3. The van der Waals surface area contributed by atoms with Gasteiger partial charge in [-0.05, 0) is 29.8 Å². The van der Waals surface area contributed by atoms with Crippen LogP contribution in [0.15, 0.2) is 107 Å². The van der Waals surface area contributed by atoms with Gasteiger partial charge in [-0.25, -0.2) is 9.78 Å². The molecule has 1 aromatic heterocycles. The number of aliphatic carboxylic acids is 1. The van der Waals surface area contributed by atoms with Gasteiger partial charge < -0.3 is 15.7 Å². The van der Waals surface area contributed by atoms with Crippen molar-refractivity contribution in [3.8, 4) is 11.3 Å². The van der Waals surface area contributed by atoms with Gasteiger partial charge in [0.15, 0.2) is 5.13 Å². The van der Waals surface area contributed by atoms with Crippen molar-refractivity contribution >= 4 is 51.7 Å². The molecule has 0 aliphatic carbocycles. The Labute approximate surface area is 215 Å². The summed E-state index contributed by atoms with van der Waals surface area (Å²) >= 11 is 2.74. The van der Waals surface area contributed by atoms with Gasteiger partial charge in [-0.15, -0.1) is 23.1 Å². The molecule has 0 bridgehead atoms. The number of thiazole rings is 1. The first-order valence-electron chi connectivity index (χ1n) is 10.8. The first-order chi connectivity index (χ1) is 17.5. The maximum absolute atomic E-state index is 13.3. The third-order valence-electron chi connectivity index (χ3n) is 4.90. The molecule has 9 heteroatoms. The van der Waals surface area contributed by atoms with Crippen LogP contribution in [-0.2, 0) is 14.4 Å². The molecule has 3 N–H and O–H groups in total. The van der Waals surface area contributed by atoms with E-state index in [4.69, 9.17) is 5.11 Å². The molecule has 1 unspecified atom stereocenters. The summed E-state index contributed by atoms with van der Waals surface area (Å²) in [5.74, 6) is -1.94. The molecule has 4 aromatic rings. The van der Waals surface area contributed by atoms with Gasteiger partial charge in [-0.2, -0.15) is 0 Å². The summed E-state index contributed by atoms with van der Waals surface area (Å²) in [5.41, 5.74) is 3.14. The standard InChI is InChI=1S/C27H21N3O4S2/c31-23(15-16-24(32)33)28-20-11-13-21(14-12-20)36-25(19-9-5-2-6-10-19)26(34)30-27-29-22(17-35-27)18-7-3-1-4-8-18/h1-17,25H,(H,28,31)(H,32,33)(H,29,30,34)/b16-15+. The minimum absolute atomic E-state index is 0.198. The molecule has 0 saturated heterocycles. The highest BCUT2D eigenvalue weighted by Crippen LogP contribution is 2.37. The third kappa shape index (κ3) is 6.91. The minimum Gasteiger partial charge on any atom is -0.478 e. The minimum atomic E-state index is -1.20. The highest BCUT2D eigenvalue weighted by molar-refractivity contribution is 8.00. The Balaban J connectivity index is 1.47. The van der Waals surface area contributed by atoms with Gasteiger partial charge in [0.1, 0.15) is 5.25 Å². The van der Waals surface area contributed by atoms with E-state index in [2.05, 4.69) is 15.6 Å². The summed E-state index contributed by atoms with van der Waals surface area (Å²) in [5, 5.41) is 16.1. The van der Waals surface area contributed by atoms with E-state index in [9.17, 15) is 14.4 Å². The van der Waals surface area contributed by atoms with Crippen LogP contribution in [0.2, 0.25) is 0 Å². The summed E-state index contributed by atoms with van der Waals surface area (Å²) in [4.78, 5) is 41.1. The van der Waals surface area contributed by atoms with Crippen molar-refractivity contribution in [3.63, 3.8) is 0 Å². The Morgan fingerprint density at radius 1 is 0.861 bits per heavy atom. The molecular formula is C27H21N3O4S2.